The molecular weight excluding hydrogens is 196 g/mol. The first-order valence-corrected chi connectivity index (χ1v) is 4.81. The zero-order valence-electron chi connectivity index (χ0n) is 8.14. The van der Waals surface area contributed by atoms with Crippen molar-refractivity contribution in [2.75, 3.05) is 6.61 Å². The van der Waals surface area contributed by atoms with E-state index >= 15 is 0 Å². The van der Waals surface area contributed by atoms with Crippen molar-refractivity contribution in [1.29, 1.82) is 0 Å². The van der Waals surface area contributed by atoms with Gasteiger partial charge >= 0.3 is 5.69 Å². The Labute approximate surface area is 85.7 Å². The number of hydrogen-bond acceptors (Lipinski definition) is 3. The first-order chi connectivity index (χ1) is 7.20. The number of aliphatic hydroxyl groups excluding tert-OH is 1. The third-order valence-corrected chi connectivity index (χ3v) is 2.62. The second kappa shape index (κ2) is 3.86. The van der Waals surface area contributed by atoms with E-state index < -0.39 is 0 Å². The van der Waals surface area contributed by atoms with Crippen molar-refractivity contribution in [3.05, 3.63) is 44.8 Å². The molecule has 0 aromatic carbocycles. The molecule has 0 saturated carbocycles. The summed E-state index contributed by atoms with van der Waals surface area (Å²) in [6, 6.07) is 1.36. The molecule has 5 nitrogen and oxygen atoms in total. The molecule has 15 heavy (non-hydrogen) atoms. The summed E-state index contributed by atoms with van der Waals surface area (Å²) in [4.78, 5) is 24.5. The van der Waals surface area contributed by atoms with Crippen LogP contribution in [0.25, 0.3) is 0 Å². The molecule has 1 aromatic heterocycles. The zero-order chi connectivity index (χ0) is 10.8. The van der Waals surface area contributed by atoms with Gasteiger partial charge in [-0.05, 0) is 18.4 Å². The number of aliphatic hydroxyl groups is 1. The molecule has 0 bridgehead atoms. The monoisotopic (exact) mass is 208 g/mol. The molecule has 1 atom stereocenters. The fourth-order valence-corrected chi connectivity index (χ4v) is 1.83. The lowest BCUT2D eigenvalue weighted by Gasteiger charge is -2.12. The molecule has 0 saturated heterocycles. The van der Waals surface area contributed by atoms with E-state index in [1.165, 1.54) is 16.8 Å². The first kappa shape index (κ1) is 9.92. The minimum atomic E-state index is -0.389. The number of nitrogens with zero attached hydrogens (tertiary/aromatic N) is 1. The van der Waals surface area contributed by atoms with E-state index in [2.05, 4.69) is 4.98 Å². The predicted molar refractivity (Wildman–Crippen MR) is 54.8 cm³/mol. The summed E-state index contributed by atoms with van der Waals surface area (Å²) in [7, 11) is 0. The maximum Gasteiger partial charge on any atom is 0.328 e. The third kappa shape index (κ3) is 1.92. The predicted octanol–water partition coefficient (Wildman–Crippen LogP) is -0.210. The van der Waals surface area contributed by atoms with Gasteiger partial charge in [0.05, 0.1) is 6.61 Å². The molecule has 1 aliphatic carbocycles. The van der Waals surface area contributed by atoms with Gasteiger partial charge < -0.3 is 5.11 Å². The molecule has 5 heteroatoms. The number of rotatable bonds is 2. The van der Waals surface area contributed by atoms with Crippen molar-refractivity contribution in [3.63, 3.8) is 0 Å². The summed E-state index contributed by atoms with van der Waals surface area (Å²) in [6.07, 6.45) is 4.83. The molecule has 0 spiro atoms. The lowest BCUT2D eigenvalue weighted by atomic mass is 10.2. The summed E-state index contributed by atoms with van der Waals surface area (Å²) in [5, 5.41) is 8.93. The molecular formula is C10H12N2O3. The van der Waals surface area contributed by atoms with Gasteiger partial charge in [0.25, 0.3) is 5.56 Å². The van der Waals surface area contributed by atoms with E-state index in [1.807, 2.05) is 6.08 Å². The molecule has 2 N–H and O–H groups in total. The highest BCUT2D eigenvalue weighted by Gasteiger charge is 2.18. The van der Waals surface area contributed by atoms with Crippen LogP contribution in [0.5, 0.6) is 0 Å². The van der Waals surface area contributed by atoms with Crippen LogP contribution in [-0.4, -0.2) is 21.3 Å². The average Bonchev–Trinajstić information content (AvgIpc) is 2.66. The van der Waals surface area contributed by atoms with Gasteiger partial charge in [0.2, 0.25) is 0 Å². The van der Waals surface area contributed by atoms with E-state index in [-0.39, 0.29) is 23.9 Å². The molecule has 2 rings (SSSR count). The maximum absolute atomic E-state index is 11.4. The highest BCUT2D eigenvalue weighted by atomic mass is 16.3. The smallest absolute Gasteiger partial charge is 0.328 e. The Morgan fingerprint density at radius 2 is 2.33 bits per heavy atom. The molecule has 1 heterocycles. The van der Waals surface area contributed by atoms with Crippen molar-refractivity contribution < 1.29 is 5.11 Å². The SMILES string of the molecule is O=c1ccn(C2CC=C(CO)C2)c(=O)[nH]1. The molecule has 0 radical (unpaired) electrons. The Morgan fingerprint density at radius 1 is 1.53 bits per heavy atom. The van der Waals surface area contributed by atoms with Gasteiger partial charge in [-0.25, -0.2) is 4.79 Å². The number of H-pyrrole nitrogens is 1. The highest BCUT2D eigenvalue weighted by Crippen LogP contribution is 2.27. The van der Waals surface area contributed by atoms with Crippen LogP contribution in [0.1, 0.15) is 18.9 Å². The van der Waals surface area contributed by atoms with E-state index in [0.29, 0.717) is 6.42 Å². The van der Waals surface area contributed by atoms with Crippen molar-refractivity contribution >= 4 is 0 Å². The molecule has 80 valence electrons. The van der Waals surface area contributed by atoms with Crippen LogP contribution in [-0.2, 0) is 0 Å². The summed E-state index contributed by atoms with van der Waals surface area (Å²) in [5.41, 5.74) is 0.169. The third-order valence-electron chi connectivity index (χ3n) is 2.62. The van der Waals surface area contributed by atoms with Crippen LogP contribution in [0.3, 0.4) is 0 Å². The maximum atomic E-state index is 11.4. The second-order valence-electron chi connectivity index (χ2n) is 3.63. The van der Waals surface area contributed by atoms with E-state index in [4.69, 9.17) is 5.11 Å². The molecule has 1 aliphatic rings. The number of allylic oxidation sites excluding steroid dienone is 1. The molecule has 0 amide bonds. The van der Waals surface area contributed by atoms with Crippen molar-refractivity contribution in [3.8, 4) is 0 Å². The standard InChI is InChI=1S/C10H12N2O3/c13-6-7-1-2-8(5-7)12-4-3-9(14)11-10(12)15/h1,3-4,8,13H,2,5-6H2,(H,11,14,15). The normalized spacial score (nSPS) is 20.3. The number of nitrogens with one attached hydrogen (secondary N) is 1. The Bertz CT molecular complexity index is 498. The van der Waals surface area contributed by atoms with E-state index in [1.54, 1.807) is 0 Å². The molecule has 0 fully saturated rings. The van der Waals surface area contributed by atoms with Gasteiger partial charge in [-0.15, -0.1) is 0 Å². The number of aromatic amines is 1. The zero-order valence-corrected chi connectivity index (χ0v) is 8.14. The second-order valence-corrected chi connectivity index (χ2v) is 3.63. The highest BCUT2D eigenvalue weighted by molar-refractivity contribution is 5.12. The molecule has 1 aromatic rings. The van der Waals surface area contributed by atoms with Gasteiger partial charge in [0.15, 0.2) is 0 Å². The summed E-state index contributed by atoms with van der Waals surface area (Å²) in [6.45, 7) is 0.0363. The van der Waals surface area contributed by atoms with Gasteiger partial charge in [-0.2, -0.15) is 0 Å². The fraction of sp³-hybridized carbons (Fsp3) is 0.400. The topological polar surface area (TPSA) is 75.1 Å². The minimum absolute atomic E-state index is 0.0245. The summed E-state index contributed by atoms with van der Waals surface area (Å²) >= 11 is 0. The molecule has 1 unspecified atom stereocenters. The van der Waals surface area contributed by atoms with E-state index in [0.717, 1.165) is 12.0 Å². The van der Waals surface area contributed by atoms with Crippen LogP contribution < -0.4 is 11.2 Å². The number of aromatic nitrogens is 2. The van der Waals surface area contributed by atoms with Crippen LogP contribution in [0.4, 0.5) is 0 Å². The Hall–Kier alpha value is -1.62. The minimum Gasteiger partial charge on any atom is -0.392 e. The van der Waals surface area contributed by atoms with Crippen molar-refractivity contribution in [2.45, 2.75) is 18.9 Å². The summed E-state index contributed by atoms with van der Waals surface area (Å²) in [5.74, 6) is 0. The van der Waals surface area contributed by atoms with Crippen LogP contribution in [0, 0.1) is 0 Å². The van der Waals surface area contributed by atoms with Gasteiger partial charge in [-0.3, -0.25) is 14.3 Å². The van der Waals surface area contributed by atoms with Crippen LogP contribution in [0.2, 0.25) is 0 Å². The van der Waals surface area contributed by atoms with Gasteiger partial charge in [0, 0.05) is 18.3 Å². The Morgan fingerprint density at radius 3 is 2.93 bits per heavy atom. The quantitative estimate of drug-likeness (QED) is 0.660. The largest absolute Gasteiger partial charge is 0.392 e. The fourth-order valence-electron chi connectivity index (χ4n) is 1.83. The van der Waals surface area contributed by atoms with Gasteiger partial charge in [0.1, 0.15) is 0 Å². The average molecular weight is 208 g/mol. The Kier molecular flexibility index (Phi) is 2.55. The van der Waals surface area contributed by atoms with E-state index in [9.17, 15) is 9.59 Å². The van der Waals surface area contributed by atoms with Crippen LogP contribution in [0.15, 0.2) is 33.5 Å². The lowest BCUT2D eigenvalue weighted by Crippen LogP contribution is -2.30. The summed E-state index contributed by atoms with van der Waals surface area (Å²) < 4.78 is 1.50. The Balaban J connectivity index is 2.26. The number of hydrogen-bond donors (Lipinski definition) is 2. The molecule has 0 aliphatic heterocycles. The van der Waals surface area contributed by atoms with Crippen LogP contribution >= 0.6 is 0 Å². The van der Waals surface area contributed by atoms with Crippen molar-refractivity contribution in [1.82, 2.24) is 9.55 Å². The van der Waals surface area contributed by atoms with Crippen molar-refractivity contribution in [2.24, 2.45) is 0 Å². The first-order valence-electron chi connectivity index (χ1n) is 4.81. The lowest BCUT2D eigenvalue weighted by molar-refractivity contribution is 0.324. The van der Waals surface area contributed by atoms with Gasteiger partial charge in [-0.1, -0.05) is 6.08 Å².